The summed E-state index contributed by atoms with van der Waals surface area (Å²) in [6, 6.07) is 17.4. The molecule has 1 fully saturated rings. The normalized spacial score (nSPS) is 17.2. The van der Waals surface area contributed by atoms with Gasteiger partial charge in [-0.15, -0.1) is 0 Å². The highest BCUT2D eigenvalue weighted by Gasteiger charge is 2.26. The van der Waals surface area contributed by atoms with Crippen LogP contribution in [0.15, 0.2) is 60.7 Å². The molecule has 0 saturated carbocycles. The fraction of sp³-hybridized carbons (Fsp3) is 0.619. The minimum Gasteiger partial charge on any atom is -0.459 e. The van der Waals surface area contributed by atoms with Crippen LogP contribution in [0, 0.1) is 11.8 Å². The number of hydrogen-bond donors (Lipinski definition) is 2. The van der Waals surface area contributed by atoms with Crippen molar-refractivity contribution >= 4 is 23.8 Å². The molecule has 3 rings (SSSR count). The summed E-state index contributed by atoms with van der Waals surface area (Å²) < 4.78 is 34.4. The van der Waals surface area contributed by atoms with E-state index in [4.69, 9.17) is 28.4 Å². The van der Waals surface area contributed by atoms with Crippen molar-refractivity contribution < 1.29 is 47.6 Å². The minimum atomic E-state index is -0.755. The van der Waals surface area contributed by atoms with Crippen molar-refractivity contribution in [2.45, 2.75) is 65.8 Å². The molecule has 1 aliphatic rings. The molecule has 0 aromatic heterocycles. The van der Waals surface area contributed by atoms with Crippen molar-refractivity contribution in [1.29, 1.82) is 0 Å². The predicted molar refractivity (Wildman–Crippen MR) is 211 cm³/mol. The average molecular weight is 785 g/mol. The number of hydrogen-bond acceptors (Lipinski definition) is 12. The number of esters is 2. The maximum Gasteiger partial charge on any atom is 0.328 e. The van der Waals surface area contributed by atoms with Crippen LogP contribution in [0.1, 0.15) is 51.7 Å². The number of carbonyl (C=O) groups excluding carboxylic acids is 4. The van der Waals surface area contributed by atoms with Crippen LogP contribution in [-0.2, 0) is 60.8 Å². The van der Waals surface area contributed by atoms with Crippen LogP contribution < -0.4 is 10.6 Å². The van der Waals surface area contributed by atoms with Gasteiger partial charge in [0.1, 0.15) is 25.3 Å². The van der Waals surface area contributed by atoms with Gasteiger partial charge in [-0.05, 0) is 35.8 Å². The van der Waals surface area contributed by atoms with Crippen LogP contribution in [0.3, 0.4) is 0 Å². The van der Waals surface area contributed by atoms with Gasteiger partial charge in [0.2, 0.25) is 11.8 Å². The van der Waals surface area contributed by atoms with Crippen LogP contribution in [-0.4, -0.2) is 138 Å². The molecule has 2 atom stereocenters. The molecule has 2 amide bonds. The van der Waals surface area contributed by atoms with E-state index in [-0.39, 0.29) is 50.0 Å². The molecule has 14 heteroatoms. The molecule has 2 aromatic carbocycles. The van der Waals surface area contributed by atoms with E-state index in [9.17, 15) is 19.2 Å². The Balaban J connectivity index is 1.45. The maximum atomic E-state index is 13.2. The van der Waals surface area contributed by atoms with Gasteiger partial charge in [-0.1, -0.05) is 88.4 Å². The number of ether oxygens (including phenoxy) is 6. The molecule has 1 aliphatic heterocycles. The zero-order valence-electron chi connectivity index (χ0n) is 33.8. The van der Waals surface area contributed by atoms with Crippen LogP contribution in [0.25, 0.3) is 0 Å². The van der Waals surface area contributed by atoms with E-state index in [0.717, 1.165) is 11.1 Å². The van der Waals surface area contributed by atoms with Gasteiger partial charge in [0.05, 0.1) is 65.9 Å². The van der Waals surface area contributed by atoms with Crippen LogP contribution in [0.5, 0.6) is 0 Å². The largest absolute Gasteiger partial charge is 0.459 e. The molecule has 0 aliphatic carbocycles. The monoisotopic (exact) mass is 784 g/mol. The number of benzene rings is 2. The van der Waals surface area contributed by atoms with E-state index in [1.165, 1.54) is 0 Å². The molecule has 1 saturated heterocycles. The van der Waals surface area contributed by atoms with Crippen molar-refractivity contribution in [3.8, 4) is 0 Å². The smallest absolute Gasteiger partial charge is 0.328 e. The molecule has 0 spiro atoms. The number of nitrogens with one attached hydrogen (secondary N) is 2. The molecule has 2 aromatic rings. The third-order valence-corrected chi connectivity index (χ3v) is 8.79. The first-order valence-electron chi connectivity index (χ1n) is 19.8. The lowest BCUT2D eigenvalue weighted by molar-refractivity contribution is -0.150. The summed E-state index contributed by atoms with van der Waals surface area (Å²) >= 11 is 0. The van der Waals surface area contributed by atoms with Crippen LogP contribution >= 0.6 is 0 Å². The third kappa shape index (κ3) is 20.8. The fourth-order valence-electron chi connectivity index (χ4n) is 5.87. The summed E-state index contributed by atoms with van der Waals surface area (Å²) in [6.07, 6.45) is 0.919. The van der Waals surface area contributed by atoms with Crippen LogP contribution in [0.2, 0.25) is 0 Å². The Labute approximate surface area is 332 Å². The Morgan fingerprint density at radius 1 is 0.536 bits per heavy atom. The summed E-state index contributed by atoms with van der Waals surface area (Å²) in [5.41, 5.74) is 1.76. The Hall–Kier alpha value is -3.92. The van der Waals surface area contributed by atoms with Crippen molar-refractivity contribution in [2.24, 2.45) is 11.8 Å². The van der Waals surface area contributed by atoms with E-state index < -0.39 is 24.0 Å². The molecular weight excluding hydrogens is 720 g/mol. The van der Waals surface area contributed by atoms with Gasteiger partial charge in [0.15, 0.2) is 0 Å². The van der Waals surface area contributed by atoms with Crippen molar-refractivity contribution in [3.05, 3.63) is 71.8 Å². The molecule has 56 heavy (non-hydrogen) atoms. The molecule has 0 radical (unpaired) electrons. The molecule has 2 N–H and O–H groups in total. The van der Waals surface area contributed by atoms with Gasteiger partial charge in [0.25, 0.3) is 0 Å². The first-order chi connectivity index (χ1) is 27.1. The number of amides is 2. The zero-order chi connectivity index (χ0) is 40.4. The lowest BCUT2D eigenvalue weighted by Crippen LogP contribution is -2.48. The second kappa shape index (κ2) is 27.6. The molecule has 14 nitrogen and oxygen atoms in total. The summed E-state index contributed by atoms with van der Waals surface area (Å²) in [5, 5.41) is 5.77. The van der Waals surface area contributed by atoms with E-state index in [1.807, 2.05) is 98.2 Å². The maximum absolute atomic E-state index is 13.2. The Bertz CT molecular complexity index is 1270. The first-order valence-corrected chi connectivity index (χ1v) is 19.8. The van der Waals surface area contributed by atoms with E-state index >= 15 is 0 Å². The average Bonchev–Trinajstić information content (AvgIpc) is 3.17. The van der Waals surface area contributed by atoms with Gasteiger partial charge in [-0.2, -0.15) is 0 Å². The summed E-state index contributed by atoms with van der Waals surface area (Å²) in [4.78, 5) is 56.1. The SMILES string of the molecule is CC(C)C[C@@H](NC(=O)CN1CCOCCOCCN(CC(=O)N[C@H](CC(C)C)C(=O)OCc2ccccc2)CCOCCOCC1)C(=O)OCc1ccccc1. The molecule has 1 heterocycles. The number of nitrogens with zero attached hydrogens (tertiary/aromatic N) is 2. The van der Waals surface area contributed by atoms with Gasteiger partial charge in [-0.25, -0.2) is 9.59 Å². The highest BCUT2D eigenvalue weighted by Crippen LogP contribution is 2.11. The highest BCUT2D eigenvalue weighted by atomic mass is 16.5. The van der Waals surface area contributed by atoms with E-state index in [2.05, 4.69) is 10.6 Å². The quantitative estimate of drug-likeness (QED) is 0.241. The molecular formula is C42H64N4O10. The van der Waals surface area contributed by atoms with Gasteiger partial charge >= 0.3 is 11.9 Å². The summed E-state index contributed by atoms with van der Waals surface area (Å²) in [6.45, 7) is 13.2. The summed E-state index contributed by atoms with van der Waals surface area (Å²) in [7, 11) is 0. The van der Waals surface area contributed by atoms with Gasteiger partial charge in [0, 0.05) is 26.2 Å². The van der Waals surface area contributed by atoms with Crippen molar-refractivity contribution in [2.75, 3.05) is 92.1 Å². The number of carbonyl (C=O) groups is 4. The van der Waals surface area contributed by atoms with Crippen LogP contribution in [0.4, 0.5) is 0 Å². The fourth-order valence-corrected chi connectivity index (χ4v) is 5.87. The number of rotatable bonds is 16. The van der Waals surface area contributed by atoms with E-state index in [0.29, 0.717) is 91.9 Å². The van der Waals surface area contributed by atoms with Crippen molar-refractivity contribution in [3.63, 3.8) is 0 Å². The van der Waals surface area contributed by atoms with Crippen molar-refractivity contribution in [1.82, 2.24) is 20.4 Å². The third-order valence-electron chi connectivity index (χ3n) is 8.79. The first kappa shape index (κ1) is 46.5. The lowest BCUT2D eigenvalue weighted by Gasteiger charge is -2.25. The molecule has 0 bridgehead atoms. The second-order valence-electron chi connectivity index (χ2n) is 14.7. The Morgan fingerprint density at radius 2 is 0.857 bits per heavy atom. The van der Waals surface area contributed by atoms with Gasteiger partial charge < -0.3 is 39.1 Å². The topological polar surface area (TPSA) is 154 Å². The predicted octanol–water partition coefficient (Wildman–Crippen LogP) is 3.22. The lowest BCUT2D eigenvalue weighted by atomic mass is 10.0. The Morgan fingerprint density at radius 3 is 1.16 bits per heavy atom. The highest BCUT2D eigenvalue weighted by molar-refractivity contribution is 5.86. The standard InChI is InChI=1S/C42H64N4O10/c1-33(2)27-37(41(49)55-31-35-11-7-5-8-12-35)43-39(47)29-45-15-19-51-23-25-53-21-17-46(18-22-54-26-24-52-20-16-45)30-40(48)44-38(28-34(3)4)42(50)56-32-36-13-9-6-10-14-36/h5-14,33-34,37-38H,15-32H2,1-4H3,(H,43,47)(H,44,48)/t37-,38-/m1/s1. The Kier molecular flexibility index (Phi) is 22.9. The van der Waals surface area contributed by atoms with Gasteiger partial charge in [-0.3, -0.25) is 19.4 Å². The zero-order valence-corrected chi connectivity index (χ0v) is 33.8. The second-order valence-corrected chi connectivity index (χ2v) is 14.7. The molecule has 312 valence electrons. The summed E-state index contributed by atoms with van der Waals surface area (Å²) in [5.74, 6) is -1.13. The minimum absolute atomic E-state index is 0.0663. The molecule has 0 unspecified atom stereocenters. The van der Waals surface area contributed by atoms with E-state index in [1.54, 1.807) is 0 Å².